The zero-order valence-electron chi connectivity index (χ0n) is 20.9. The third-order valence-corrected chi connectivity index (χ3v) is 9.54. The Hall–Kier alpha value is -2.77. The highest BCUT2D eigenvalue weighted by molar-refractivity contribution is 7.89. The number of amides is 1. The molecule has 2 aliphatic rings. The lowest BCUT2D eigenvalue weighted by Crippen LogP contribution is -2.40. The standard InChI is InChI=1S/C25H30N4O6S2/c1-3-27(4-2)9-10-29(25-26-20-15-21-22(35-17-34-21)16-23(20)36-25)24(30)18-5-7-19(8-6-18)37(31,32)28-11-13-33-14-12-28/h5-8,15-16H,3-4,9-14,17H2,1-2H3. The van der Waals surface area contributed by atoms with Crippen molar-refractivity contribution < 1.29 is 27.4 Å². The quantitative estimate of drug-likeness (QED) is 0.404. The van der Waals surface area contributed by atoms with E-state index in [4.69, 9.17) is 19.2 Å². The van der Waals surface area contributed by atoms with E-state index in [1.165, 1.54) is 27.8 Å². The van der Waals surface area contributed by atoms with Gasteiger partial charge in [0.15, 0.2) is 16.6 Å². The molecule has 2 aliphatic heterocycles. The van der Waals surface area contributed by atoms with Gasteiger partial charge in [0.2, 0.25) is 16.8 Å². The summed E-state index contributed by atoms with van der Waals surface area (Å²) in [5, 5.41) is 0.570. The number of anilines is 1. The van der Waals surface area contributed by atoms with Gasteiger partial charge in [-0.05, 0) is 37.4 Å². The molecule has 3 aromatic rings. The molecule has 1 amide bonds. The van der Waals surface area contributed by atoms with Crippen LogP contribution in [0.25, 0.3) is 10.2 Å². The normalized spacial score (nSPS) is 16.0. The summed E-state index contributed by atoms with van der Waals surface area (Å²) in [6, 6.07) is 9.86. The van der Waals surface area contributed by atoms with Crippen molar-refractivity contribution in [3.63, 3.8) is 0 Å². The van der Waals surface area contributed by atoms with Gasteiger partial charge in [-0.1, -0.05) is 25.2 Å². The fraction of sp³-hybridized carbons (Fsp3) is 0.440. The average molecular weight is 547 g/mol. The van der Waals surface area contributed by atoms with E-state index in [0.717, 1.165) is 23.3 Å². The topological polar surface area (TPSA) is 102 Å². The first-order valence-electron chi connectivity index (χ1n) is 12.3. The summed E-state index contributed by atoms with van der Waals surface area (Å²) in [6.45, 7) is 8.61. The minimum absolute atomic E-state index is 0.162. The van der Waals surface area contributed by atoms with E-state index in [0.29, 0.717) is 61.6 Å². The molecule has 5 rings (SSSR count). The predicted molar refractivity (Wildman–Crippen MR) is 141 cm³/mol. The zero-order valence-corrected chi connectivity index (χ0v) is 22.5. The molecule has 0 radical (unpaired) electrons. The lowest BCUT2D eigenvalue weighted by atomic mass is 10.2. The number of carbonyl (C=O) groups excluding carboxylic acids is 1. The molecule has 37 heavy (non-hydrogen) atoms. The van der Waals surface area contributed by atoms with Crippen molar-refractivity contribution in [1.29, 1.82) is 0 Å². The van der Waals surface area contributed by atoms with Crippen molar-refractivity contribution in [2.75, 3.05) is 64.2 Å². The van der Waals surface area contributed by atoms with Crippen LogP contribution in [0.5, 0.6) is 11.5 Å². The summed E-state index contributed by atoms with van der Waals surface area (Å²) in [7, 11) is -3.64. The number of ether oxygens (including phenoxy) is 3. The van der Waals surface area contributed by atoms with Crippen molar-refractivity contribution >= 4 is 42.6 Å². The van der Waals surface area contributed by atoms with E-state index in [2.05, 4.69) is 18.7 Å². The second-order valence-corrected chi connectivity index (χ2v) is 11.6. The minimum Gasteiger partial charge on any atom is -0.454 e. The van der Waals surface area contributed by atoms with Crippen molar-refractivity contribution in [2.24, 2.45) is 0 Å². The van der Waals surface area contributed by atoms with Crippen LogP contribution in [0, 0.1) is 0 Å². The molecule has 0 N–H and O–H groups in total. The molecular formula is C25H30N4O6S2. The summed E-state index contributed by atoms with van der Waals surface area (Å²) < 4.78 is 44.5. The highest BCUT2D eigenvalue weighted by Gasteiger charge is 2.28. The molecule has 0 unspecified atom stereocenters. The number of carbonyl (C=O) groups is 1. The molecule has 1 fully saturated rings. The molecule has 0 aliphatic carbocycles. The van der Waals surface area contributed by atoms with Crippen LogP contribution in [0.3, 0.4) is 0 Å². The van der Waals surface area contributed by atoms with Crippen molar-refractivity contribution in [3.05, 3.63) is 42.0 Å². The molecule has 0 spiro atoms. The van der Waals surface area contributed by atoms with Gasteiger partial charge in [-0.3, -0.25) is 9.69 Å². The smallest absolute Gasteiger partial charge is 0.260 e. The maximum atomic E-state index is 13.7. The number of hydrogen-bond donors (Lipinski definition) is 0. The number of fused-ring (bicyclic) bond motifs is 2. The van der Waals surface area contributed by atoms with E-state index in [-0.39, 0.29) is 17.6 Å². The molecule has 1 saturated heterocycles. The molecule has 0 atom stereocenters. The number of likely N-dealkylation sites (N-methyl/N-ethyl adjacent to an activating group) is 1. The Morgan fingerprint density at radius 3 is 2.38 bits per heavy atom. The van der Waals surface area contributed by atoms with Crippen LogP contribution in [0.15, 0.2) is 41.3 Å². The number of rotatable bonds is 9. The Kier molecular flexibility index (Phi) is 7.63. The summed E-state index contributed by atoms with van der Waals surface area (Å²) >= 11 is 1.41. The van der Waals surface area contributed by atoms with Crippen LogP contribution in [-0.2, 0) is 14.8 Å². The largest absolute Gasteiger partial charge is 0.454 e. The third kappa shape index (κ3) is 5.30. The number of hydrogen-bond acceptors (Lipinski definition) is 9. The van der Waals surface area contributed by atoms with E-state index in [1.807, 2.05) is 12.1 Å². The highest BCUT2D eigenvalue weighted by Crippen LogP contribution is 2.40. The number of thiazole rings is 1. The molecule has 198 valence electrons. The summed E-state index contributed by atoms with van der Waals surface area (Å²) in [4.78, 5) is 22.5. The summed E-state index contributed by atoms with van der Waals surface area (Å²) in [5.41, 5.74) is 1.13. The molecule has 2 aromatic carbocycles. The van der Waals surface area contributed by atoms with Crippen molar-refractivity contribution in [1.82, 2.24) is 14.2 Å². The zero-order chi connectivity index (χ0) is 26.0. The number of aromatic nitrogens is 1. The lowest BCUT2D eigenvalue weighted by Gasteiger charge is -2.26. The maximum Gasteiger partial charge on any atom is 0.260 e. The van der Waals surface area contributed by atoms with Crippen molar-refractivity contribution in [2.45, 2.75) is 18.7 Å². The van der Waals surface area contributed by atoms with Crippen LogP contribution in [0.1, 0.15) is 24.2 Å². The highest BCUT2D eigenvalue weighted by atomic mass is 32.2. The number of nitrogens with zero attached hydrogens (tertiary/aromatic N) is 4. The SMILES string of the molecule is CCN(CC)CCN(C(=O)c1ccc(S(=O)(=O)N2CCOCC2)cc1)c1nc2cc3c(cc2s1)OCO3. The second kappa shape index (κ2) is 10.9. The molecule has 0 bridgehead atoms. The average Bonchev–Trinajstić information content (AvgIpc) is 3.56. The van der Waals surface area contributed by atoms with Gasteiger partial charge in [0.1, 0.15) is 0 Å². The second-order valence-electron chi connectivity index (χ2n) is 8.69. The van der Waals surface area contributed by atoms with Gasteiger partial charge < -0.3 is 19.1 Å². The van der Waals surface area contributed by atoms with E-state index in [1.54, 1.807) is 17.0 Å². The third-order valence-electron chi connectivity index (χ3n) is 6.59. The van der Waals surface area contributed by atoms with Gasteiger partial charge in [-0.2, -0.15) is 4.31 Å². The Morgan fingerprint density at radius 1 is 1.03 bits per heavy atom. The van der Waals surface area contributed by atoms with E-state index >= 15 is 0 Å². The van der Waals surface area contributed by atoms with Gasteiger partial charge in [-0.25, -0.2) is 13.4 Å². The molecule has 10 nitrogen and oxygen atoms in total. The number of sulfonamides is 1. The van der Waals surface area contributed by atoms with Crippen LogP contribution in [0.4, 0.5) is 5.13 Å². The summed E-state index contributed by atoms with van der Waals surface area (Å²) in [5.74, 6) is 1.07. The molecule has 1 aromatic heterocycles. The number of benzene rings is 2. The Morgan fingerprint density at radius 2 is 1.70 bits per heavy atom. The Labute approximate surface area is 220 Å². The monoisotopic (exact) mass is 546 g/mol. The fourth-order valence-electron chi connectivity index (χ4n) is 4.35. The van der Waals surface area contributed by atoms with Crippen LogP contribution in [0.2, 0.25) is 0 Å². The fourth-order valence-corrected chi connectivity index (χ4v) is 6.76. The Balaban J connectivity index is 1.43. The van der Waals surface area contributed by atoms with E-state index in [9.17, 15) is 13.2 Å². The van der Waals surface area contributed by atoms with E-state index < -0.39 is 10.0 Å². The first-order valence-corrected chi connectivity index (χ1v) is 14.6. The number of morpholine rings is 1. The van der Waals surface area contributed by atoms with Gasteiger partial charge in [-0.15, -0.1) is 0 Å². The molecule has 12 heteroatoms. The van der Waals surface area contributed by atoms with Gasteiger partial charge in [0.05, 0.1) is 28.3 Å². The lowest BCUT2D eigenvalue weighted by molar-refractivity contribution is 0.0730. The first-order chi connectivity index (χ1) is 17.9. The summed E-state index contributed by atoms with van der Waals surface area (Å²) in [6.07, 6.45) is 0. The van der Waals surface area contributed by atoms with Gasteiger partial charge >= 0.3 is 0 Å². The minimum atomic E-state index is -3.64. The Bertz CT molecular complexity index is 1320. The van der Waals surface area contributed by atoms with Gasteiger partial charge in [0.25, 0.3) is 5.91 Å². The molecule has 0 saturated carbocycles. The van der Waals surface area contributed by atoms with Crippen molar-refractivity contribution in [3.8, 4) is 11.5 Å². The molecular weight excluding hydrogens is 516 g/mol. The molecule has 3 heterocycles. The van der Waals surface area contributed by atoms with Gasteiger partial charge in [0, 0.05) is 43.9 Å². The van der Waals surface area contributed by atoms with Crippen LogP contribution < -0.4 is 14.4 Å². The predicted octanol–water partition coefficient (Wildman–Crippen LogP) is 3.03. The van der Waals surface area contributed by atoms with Crippen LogP contribution >= 0.6 is 11.3 Å². The maximum absolute atomic E-state index is 13.7. The van der Waals surface area contributed by atoms with Crippen LogP contribution in [-0.4, -0.2) is 87.8 Å². The first kappa shape index (κ1) is 25.9.